The van der Waals surface area contributed by atoms with Gasteiger partial charge in [0.2, 0.25) is 0 Å². The minimum absolute atomic E-state index is 0.111. The van der Waals surface area contributed by atoms with E-state index in [-0.39, 0.29) is 37.5 Å². The van der Waals surface area contributed by atoms with Gasteiger partial charge in [-0.25, -0.2) is 0 Å². The fraction of sp³-hybridized carbons (Fsp3) is 0.615. The normalized spacial score (nSPS) is 13.1. The fourth-order valence-corrected chi connectivity index (χ4v) is 7.42. The third-order valence-corrected chi connectivity index (χ3v) is 11.7. The van der Waals surface area contributed by atoms with Crippen LogP contribution in [0.2, 0.25) is 0 Å². The van der Waals surface area contributed by atoms with Crippen molar-refractivity contribution >= 4 is 17.9 Å². The lowest BCUT2D eigenvalue weighted by molar-refractivity contribution is -0.167. The number of rotatable bonds is 50. The lowest BCUT2D eigenvalue weighted by Gasteiger charge is -2.18. The summed E-state index contributed by atoms with van der Waals surface area (Å²) in [6.45, 7) is 6.34. The number of allylic oxidation sites excluding steroid dienone is 22. The standard InChI is InChI=1S/C65H104O6/c1-4-7-10-13-16-19-22-25-27-29-30-31-32-33-34-36-37-40-43-46-49-52-55-58-64(67)70-61-62(60-69-63(66)57-54-51-48-45-42-39-24-21-18-15-12-9-6-3)71-65(68)59-56-53-50-47-44-41-38-35-28-26-23-20-17-14-11-8-5-2/h7-8,10-11,16-17,19-20,25-28,30-31,33-34,37-38,40-41,47,50,62H,4-6,9,12-15,18,21-24,29,32,35-36,39,42-46,48-49,51-61H2,1-3H3/b10-7-,11-8-,19-16-,20-17-,27-25-,28-26-,31-30-,34-33-,40-37-,41-38-,50-47-. The highest BCUT2D eigenvalue weighted by Gasteiger charge is 2.19. The molecule has 0 aliphatic carbocycles. The Bertz CT molecular complexity index is 1550. The second kappa shape index (κ2) is 58.1. The van der Waals surface area contributed by atoms with Crippen LogP contribution in [0.4, 0.5) is 0 Å². The Morgan fingerprint density at radius 3 is 0.901 bits per heavy atom. The van der Waals surface area contributed by atoms with Crippen molar-refractivity contribution in [2.45, 2.75) is 245 Å². The number of carbonyl (C=O) groups is 3. The van der Waals surface area contributed by atoms with E-state index < -0.39 is 6.10 Å². The van der Waals surface area contributed by atoms with Crippen LogP contribution >= 0.6 is 0 Å². The van der Waals surface area contributed by atoms with E-state index >= 15 is 0 Å². The molecule has 0 saturated heterocycles. The molecule has 0 aliphatic rings. The number of hydrogen-bond acceptors (Lipinski definition) is 6. The van der Waals surface area contributed by atoms with Crippen molar-refractivity contribution in [3.63, 3.8) is 0 Å². The zero-order valence-corrected chi connectivity index (χ0v) is 45.7. The van der Waals surface area contributed by atoms with Crippen LogP contribution in [0.3, 0.4) is 0 Å². The number of unbranched alkanes of at least 4 members (excludes halogenated alkanes) is 17. The first-order chi connectivity index (χ1) is 35.0. The Kier molecular flexibility index (Phi) is 54.5. The predicted octanol–water partition coefficient (Wildman–Crippen LogP) is 19.4. The van der Waals surface area contributed by atoms with Gasteiger partial charge in [0, 0.05) is 19.3 Å². The predicted molar refractivity (Wildman–Crippen MR) is 306 cm³/mol. The molecule has 0 fully saturated rings. The molecule has 0 bridgehead atoms. The molecule has 0 rings (SSSR count). The van der Waals surface area contributed by atoms with E-state index in [4.69, 9.17) is 14.2 Å². The van der Waals surface area contributed by atoms with Gasteiger partial charge in [0.05, 0.1) is 0 Å². The average Bonchev–Trinajstić information content (AvgIpc) is 3.37. The van der Waals surface area contributed by atoms with Gasteiger partial charge in [-0.15, -0.1) is 0 Å². The van der Waals surface area contributed by atoms with Gasteiger partial charge in [-0.3, -0.25) is 14.4 Å². The van der Waals surface area contributed by atoms with Crippen LogP contribution in [0.5, 0.6) is 0 Å². The molecule has 400 valence electrons. The highest BCUT2D eigenvalue weighted by atomic mass is 16.6. The number of esters is 3. The zero-order chi connectivity index (χ0) is 51.4. The summed E-state index contributed by atoms with van der Waals surface area (Å²) in [6, 6.07) is 0. The molecule has 0 amide bonds. The lowest BCUT2D eigenvalue weighted by Crippen LogP contribution is -2.30. The van der Waals surface area contributed by atoms with E-state index in [0.29, 0.717) is 19.3 Å². The van der Waals surface area contributed by atoms with Gasteiger partial charge in [0.25, 0.3) is 0 Å². The van der Waals surface area contributed by atoms with Crippen LogP contribution in [0, 0.1) is 0 Å². The molecule has 0 aliphatic heterocycles. The first-order valence-corrected chi connectivity index (χ1v) is 28.7. The molecule has 1 unspecified atom stereocenters. The topological polar surface area (TPSA) is 78.9 Å². The Hall–Kier alpha value is -4.45. The van der Waals surface area contributed by atoms with Gasteiger partial charge >= 0.3 is 17.9 Å². The van der Waals surface area contributed by atoms with E-state index in [2.05, 4.69) is 154 Å². The summed E-state index contributed by atoms with van der Waals surface area (Å²) in [7, 11) is 0. The molecule has 71 heavy (non-hydrogen) atoms. The van der Waals surface area contributed by atoms with Crippen LogP contribution in [0.15, 0.2) is 134 Å². The number of carbonyl (C=O) groups excluding carboxylic acids is 3. The maximum atomic E-state index is 12.8. The molecule has 1 atom stereocenters. The van der Waals surface area contributed by atoms with Crippen molar-refractivity contribution in [1.82, 2.24) is 0 Å². The summed E-state index contributed by atoms with van der Waals surface area (Å²) >= 11 is 0. The Morgan fingerprint density at radius 2 is 0.563 bits per heavy atom. The zero-order valence-electron chi connectivity index (χ0n) is 45.7. The van der Waals surface area contributed by atoms with Crippen molar-refractivity contribution in [3.8, 4) is 0 Å². The van der Waals surface area contributed by atoms with Crippen molar-refractivity contribution in [2.24, 2.45) is 0 Å². The molecule has 0 radical (unpaired) electrons. The maximum Gasteiger partial charge on any atom is 0.306 e. The minimum atomic E-state index is -0.822. The smallest absolute Gasteiger partial charge is 0.306 e. The summed E-state index contributed by atoms with van der Waals surface area (Å²) in [6.07, 6.45) is 81.6. The van der Waals surface area contributed by atoms with Crippen LogP contribution in [-0.4, -0.2) is 37.2 Å². The SMILES string of the molecule is CC/C=C\C/C=C\C/C=C\C/C=C\C/C=C\C/C=C\CCCCCCC(=O)OCC(COC(=O)CCCCCCCCCCCCCCC)OC(=O)CCC/C=C\C/C=C\C/C=C\C/C=C\C/C=C\CC. The monoisotopic (exact) mass is 981 g/mol. The summed E-state index contributed by atoms with van der Waals surface area (Å²) in [5, 5.41) is 0. The lowest BCUT2D eigenvalue weighted by atomic mass is 10.0. The van der Waals surface area contributed by atoms with E-state index in [1.165, 1.54) is 64.2 Å². The molecule has 0 saturated carbocycles. The van der Waals surface area contributed by atoms with Crippen molar-refractivity contribution in [2.75, 3.05) is 13.2 Å². The van der Waals surface area contributed by atoms with Crippen molar-refractivity contribution < 1.29 is 28.6 Å². The molecule has 6 nitrogen and oxygen atoms in total. The van der Waals surface area contributed by atoms with Crippen LogP contribution in [0.25, 0.3) is 0 Å². The first-order valence-electron chi connectivity index (χ1n) is 28.7. The second-order valence-electron chi connectivity index (χ2n) is 18.4. The van der Waals surface area contributed by atoms with E-state index in [0.717, 1.165) is 128 Å². The first kappa shape index (κ1) is 66.6. The highest BCUT2D eigenvalue weighted by Crippen LogP contribution is 2.14. The molecule has 0 aromatic heterocycles. The van der Waals surface area contributed by atoms with Gasteiger partial charge < -0.3 is 14.2 Å². The fourth-order valence-electron chi connectivity index (χ4n) is 7.42. The molecule has 0 aromatic rings. The van der Waals surface area contributed by atoms with Crippen molar-refractivity contribution in [1.29, 1.82) is 0 Å². The summed E-state index contributed by atoms with van der Waals surface area (Å²) in [5.41, 5.74) is 0. The molecular formula is C65H104O6. The highest BCUT2D eigenvalue weighted by molar-refractivity contribution is 5.71. The second-order valence-corrected chi connectivity index (χ2v) is 18.4. The Balaban J connectivity index is 4.51. The summed E-state index contributed by atoms with van der Waals surface area (Å²) < 4.78 is 16.8. The van der Waals surface area contributed by atoms with Crippen LogP contribution in [0.1, 0.15) is 239 Å². The number of ether oxygens (including phenoxy) is 3. The average molecular weight is 982 g/mol. The molecule has 0 N–H and O–H groups in total. The molecular weight excluding hydrogens is 877 g/mol. The van der Waals surface area contributed by atoms with Crippen molar-refractivity contribution in [3.05, 3.63) is 134 Å². The third kappa shape index (κ3) is 56.3. The molecule has 0 aromatic carbocycles. The van der Waals surface area contributed by atoms with Crippen LogP contribution in [-0.2, 0) is 28.6 Å². The van der Waals surface area contributed by atoms with E-state index in [9.17, 15) is 14.4 Å². The van der Waals surface area contributed by atoms with Gasteiger partial charge in [-0.1, -0.05) is 244 Å². The Morgan fingerprint density at radius 1 is 0.296 bits per heavy atom. The quantitative estimate of drug-likeness (QED) is 0.0262. The largest absolute Gasteiger partial charge is 0.462 e. The minimum Gasteiger partial charge on any atom is -0.462 e. The van der Waals surface area contributed by atoms with Gasteiger partial charge in [-0.2, -0.15) is 0 Å². The van der Waals surface area contributed by atoms with E-state index in [1.807, 2.05) is 0 Å². The van der Waals surface area contributed by atoms with Gasteiger partial charge in [0.15, 0.2) is 6.10 Å². The summed E-state index contributed by atoms with van der Waals surface area (Å²) in [5.74, 6) is -1.000. The maximum absolute atomic E-state index is 12.8. The summed E-state index contributed by atoms with van der Waals surface area (Å²) in [4.78, 5) is 38.1. The molecule has 6 heteroatoms. The van der Waals surface area contributed by atoms with Crippen LogP contribution < -0.4 is 0 Å². The third-order valence-electron chi connectivity index (χ3n) is 11.7. The Labute approximate surface area is 436 Å². The molecule has 0 heterocycles. The van der Waals surface area contributed by atoms with Gasteiger partial charge in [-0.05, 0) is 109 Å². The molecule has 0 spiro atoms. The number of hydrogen-bond donors (Lipinski definition) is 0. The van der Waals surface area contributed by atoms with Gasteiger partial charge in [0.1, 0.15) is 13.2 Å². The van der Waals surface area contributed by atoms with E-state index in [1.54, 1.807) is 0 Å².